The van der Waals surface area contributed by atoms with E-state index in [-0.39, 0.29) is 6.04 Å². The van der Waals surface area contributed by atoms with Crippen molar-refractivity contribution in [3.05, 3.63) is 41.4 Å². The molecule has 0 aliphatic carbocycles. The second-order valence-corrected chi connectivity index (χ2v) is 8.50. The standard InChI is InChI=1S/C18H22N8S/c1-11(2)7-12-8-14(21-20-12)17-24-26-16(22-23-18(26)27-17)9-25-10-19-13-5-3-4-6-15(13)25/h3-6,10-12,14,20-21H,7-9H2,1-2H3. The van der Waals surface area contributed by atoms with Gasteiger partial charge in [-0.25, -0.2) is 10.4 Å². The van der Waals surface area contributed by atoms with Crippen LogP contribution in [0, 0.1) is 5.92 Å². The molecular formula is C18H22N8S. The summed E-state index contributed by atoms with van der Waals surface area (Å²) >= 11 is 1.60. The maximum absolute atomic E-state index is 4.80. The number of nitrogens with one attached hydrogen (secondary N) is 2. The summed E-state index contributed by atoms with van der Waals surface area (Å²) in [5.41, 5.74) is 8.86. The minimum absolute atomic E-state index is 0.224. The molecule has 1 aliphatic heterocycles. The van der Waals surface area contributed by atoms with E-state index in [4.69, 9.17) is 5.10 Å². The number of hydrazine groups is 1. The first kappa shape index (κ1) is 16.8. The predicted molar refractivity (Wildman–Crippen MR) is 104 cm³/mol. The molecule has 0 spiro atoms. The molecule has 2 N–H and O–H groups in total. The minimum Gasteiger partial charge on any atom is -0.323 e. The summed E-state index contributed by atoms with van der Waals surface area (Å²) in [5.74, 6) is 1.50. The molecule has 0 amide bonds. The van der Waals surface area contributed by atoms with Crippen LogP contribution in [0.2, 0.25) is 0 Å². The smallest absolute Gasteiger partial charge is 0.234 e. The quantitative estimate of drug-likeness (QED) is 0.552. The molecule has 4 aromatic rings. The highest BCUT2D eigenvalue weighted by Crippen LogP contribution is 2.28. The molecule has 3 aromatic heterocycles. The maximum Gasteiger partial charge on any atom is 0.234 e. The van der Waals surface area contributed by atoms with Crippen LogP contribution in [0.4, 0.5) is 0 Å². The highest BCUT2D eigenvalue weighted by molar-refractivity contribution is 7.16. The molecule has 9 heteroatoms. The van der Waals surface area contributed by atoms with Gasteiger partial charge in [-0.05, 0) is 30.9 Å². The van der Waals surface area contributed by atoms with Gasteiger partial charge in [0.25, 0.3) is 0 Å². The van der Waals surface area contributed by atoms with E-state index in [0.29, 0.717) is 18.5 Å². The maximum atomic E-state index is 4.80. The van der Waals surface area contributed by atoms with Crippen molar-refractivity contribution in [2.45, 2.75) is 45.3 Å². The number of para-hydroxylation sites is 2. The molecular weight excluding hydrogens is 360 g/mol. The molecule has 1 aromatic carbocycles. The monoisotopic (exact) mass is 382 g/mol. The highest BCUT2D eigenvalue weighted by Gasteiger charge is 2.28. The molecule has 0 radical (unpaired) electrons. The summed E-state index contributed by atoms with van der Waals surface area (Å²) in [7, 11) is 0. The molecule has 1 saturated heterocycles. The second-order valence-electron chi connectivity index (χ2n) is 7.52. The van der Waals surface area contributed by atoms with Gasteiger partial charge in [-0.3, -0.25) is 5.43 Å². The van der Waals surface area contributed by atoms with Crippen molar-refractivity contribution in [3.63, 3.8) is 0 Å². The van der Waals surface area contributed by atoms with Crippen LogP contribution in [0.3, 0.4) is 0 Å². The van der Waals surface area contributed by atoms with Crippen LogP contribution < -0.4 is 10.9 Å². The molecule has 1 aliphatic rings. The van der Waals surface area contributed by atoms with E-state index in [2.05, 4.69) is 50.5 Å². The van der Waals surface area contributed by atoms with Crippen LogP contribution in [-0.2, 0) is 6.54 Å². The Balaban J connectivity index is 1.39. The SMILES string of the molecule is CC(C)CC1CC(c2nn3c(Cn4cnc5ccccc54)nnc3s2)NN1. The first-order valence-corrected chi connectivity index (χ1v) is 10.1. The fraction of sp³-hybridized carbons (Fsp3) is 0.444. The van der Waals surface area contributed by atoms with E-state index < -0.39 is 0 Å². The lowest BCUT2D eigenvalue weighted by molar-refractivity contribution is 0.446. The number of benzene rings is 1. The van der Waals surface area contributed by atoms with E-state index in [1.54, 1.807) is 11.3 Å². The van der Waals surface area contributed by atoms with Gasteiger partial charge in [0.05, 0.1) is 29.9 Å². The van der Waals surface area contributed by atoms with Gasteiger partial charge in [0.15, 0.2) is 5.82 Å². The van der Waals surface area contributed by atoms with Crippen molar-refractivity contribution in [2.24, 2.45) is 5.92 Å². The molecule has 8 nitrogen and oxygen atoms in total. The number of nitrogens with zero attached hydrogens (tertiary/aromatic N) is 6. The lowest BCUT2D eigenvalue weighted by Gasteiger charge is -2.10. The van der Waals surface area contributed by atoms with Gasteiger partial charge in [-0.15, -0.1) is 10.2 Å². The Kier molecular flexibility index (Phi) is 4.14. The van der Waals surface area contributed by atoms with Crippen molar-refractivity contribution in [1.82, 2.24) is 40.2 Å². The summed E-state index contributed by atoms with van der Waals surface area (Å²) in [6.45, 7) is 5.10. The minimum atomic E-state index is 0.224. The fourth-order valence-corrected chi connectivity index (χ4v) is 4.63. The number of hydrogen-bond donors (Lipinski definition) is 2. The number of fused-ring (bicyclic) bond motifs is 2. The summed E-state index contributed by atoms with van der Waals surface area (Å²) < 4.78 is 3.95. The molecule has 2 atom stereocenters. The summed E-state index contributed by atoms with van der Waals surface area (Å²) in [6, 6.07) is 8.81. The van der Waals surface area contributed by atoms with E-state index in [1.165, 1.54) is 0 Å². The van der Waals surface area contributed by atoms with Gasteiger partial charge in [-0.2, -0.15) is 9.61 Å². The van der Waals surface area contributed by atoms with Gasteiger partial charge in [-0.1, -0.05) is 37.3 Å². The van der Waals surface area contributed by atoms with Crippen molar-refractivity contribution in [1.29, 1.82) is 0 Å². The van der Waals surface area contributed by atoms with E-state index in [0.717, 1.165) is 39.7 Å². The third-order valence-electron chi connectivity index (χ3n) is 4.95. The Morgan fingerprint density at radius 3 is 3.00 bits per heavy atom. The Labute approximate surface area is 160 Å². The number of hydrogen-bond acceptors (Lipinski definition) is 7. The Bertz CT molecular complexity index is 1080. The number of imidazole rings is 1. The molecule has 4 heterocycles. The average molecular weight is 382 g/mol. The summed E-state index contributed by atoms with van der Waals surface area (Å²) in [6.07, 6.45) is 4.05. The third kappa shape index (κ3) is 3.11. The van der Waals surface area contributed by atoms with Crippen molar-refractivity contribution in [3.8, 4) is 0 Å². The second kappa shape index (κ2) is 6.66. The van der Waals surface area contributed by atoms with Gasteiger partial charge in [0.2, 0.25) is 4.96 Å². The highest BCUT2D eigenvalue weighted by atomic mass is 32.1. The zero-order valence-electron chi connectivity index (χ0n) is 15.3. The van der Waals surface area contributed by atoms with E-state index in [1.807, 2.05) is 29.0 Å². The van der Waals surface area contributed by atoms with Gasteiger partial charge < -0.3 is 4.57 Å². The van der Waals surface area contributed by atoms with Crippen molar-refractivity contribution >= 4 is 27.3 Å². The van der Waals surface area contributed by atoms with Crippen LogP contribution in [0.1, 0.15) is 43.6 Å². The normalized spacial score (nSPS) is 20.4. The van der Waals surface area contributed by atoms with Gasteiger partial charge >= 0.3 is 0 Å². The Morgan fingerprint density at radius 1 is 1.22 bits per heavy atom. The van der Waals surface area contributed by atoms with Crippen LogP contribution in [0.25, 0.3) is 16.0 Å². The third-order valence-corrected chi connectivity index (χ3v) is 5.96. The number of rotatable bonds is 5. The largest absolute Gasteiger partial charge is 0.323 e. The first-order valence-electron chi connectivity index (χ1n) is 9.29. The molecule has 0 saturated carbocycles. The van der Waals surface area contributed by atoms with Gasteiger partial charge in [0, 0.05) is 6.04 Å². The zero-order chi connectivity index (χ0) is 18.4. The number of aromatic nitrogens is 6. The fourth-order valence-electron chi connectivity index (χ4n) is 3.71. The van der Waals surface area contributed by atoms with Crippen molar-refractivity contribution < 1.29 is 0 Å². The van der Waals surface area contributed by atoms with E-state index >= 15 is 0 Å². The molecule has 0 bridgehead atoms. The topological polar surface area (TPSA) is 85.0 Å². The van der Waals surface area contributed by atoms with Crippen LogP contribution in [0.5, 0.6) is 0 Å². The predicted octanol–water partition coefficient (Wildman–Crippen LogP) is 2.54. The lowest BCUT2D eigenvalue weighted by Crippen LogP contribution is -2.31. The lowest BCUT2D eigenvalue weighted by atomic mass is 10.0. The molecule has 5 rings (SSSR count). The average Bonchev–Trinajstić information content (AvgIpc) is 3.40. The van der Waals surface area contributed by atoms with E-state index in [9.17, 15) is 0 Å². The molecule has 2 unspecified atom stereocenters. The molecule has 1 fully saturated rings. The van der Waals surface area contributed by atoms with Gasteiger partial charge in [0.1, 0.15) is 5.01 Å². The molecule has 27 heavy (non-hydrogen) atoms. The van der Waals surface area contributed by atoms with Crippen molar-refractivity contribution in [2.75, 3.05) is 0 Å². The Morgan fingerprint density at radius 2 is 2.11 bits per heavy atom. The summed E-state index contributed by atoms with van der Waals surface area (Å²) in [5, 5.41) is 14.5. The van der Waals surface area contributed by atoms with Crippen LogP contribution in [-0.4, -0.2) is 35.4 Å². The molecule has 140 valence electrons. The van der Waals surface area contributed by atoms with Crippen LogP contribution >= 0.6 is 11.3 Å². The Hall–Kier alpha value is -2.36. The zero-order valence-corrected chi connectivity index (χ0v) is 16.1. The van der Waals surface area contributed by atoms with Crippen LogP contribution in [0.15, 0.2) is 30.6 Å². The summed E-state index contributed by atoms with van der Waals surface area (Å²) in [4.78, 5) is 5.28. The first-order chi connectivity index (χ1) is 13.2.